The normalized spacial score (nSPS) is 12.4. The molecular weight excluding hydrogens is 399 g/mol. The number of pyridine rings is 2. The van der Waals surface area contributed by atoms with Crippen LogP contribution in [0.25, 0.3) is 33.1 Å². The lowest BCUT2D eigenvalue weighted by molar-refractivity contribution is 0.600. The van der Waals surface area contributed by atoms with Crippen LogP contribution in [0.1, 0.15) is 18.5 Å². The molecule has 0 spiro atoms. The molecule has 0 unspecified atom stereocenters. The average Bonchev–Trinajstić information content (AvgIpc) is 3.24. The Hall–Kier alpha value is -3.44. The maximum atomic E-state index is 14.8. The number of halogens is 2. The smallest absolute Gasteiger partial charge is 0.137 e. The van der Waals surface area contributed by atoms with Gasteiger partial charge in [-0.1, -0.05) is 35.9 Å². The zero-order chi connectivity index (χ0) is 20.7. The van der Waals surface area contributed by atoms with Crippen LogP contribution in [0.3, 0.4) is 0 Å². The summed E-state index contributed by atoms with van der Waals surface area (Å²) in [6.45, 7) is 1.92. The third-order valence-electron chi connectivity index (χ3n) is 5.29. The summed E-state index contributed by atoms with van der Waals surface area (Å²) in [6, 6.07) is 16.6. The van der Waals surface area contributed by atoms with Crippen molar-refractivity contribution in [1.82, 2.24) is 15.0 Å². The van der Waals surface area contributed by atoms with E-state index >= 15 is 0 Å². The molecule has 2 aromatic carbocycles. The Kier molecular flexibility index (Phi) is 4.60. The minimum absolute atomic E-state index is 0.274. The predicted molar refractivity (Wildman–Crippen MR) is 120 cm³/mol. The zero-order valence-electron chi connectivity index (χ0n) is 16.2. The van der Waals surface area contributed by atoms with Gasteiger partial charge in [-0.05, 0) is 42.8 Å². The van der Waals surface area contributed by atoms with Crippen molar-refractivity contribution in [2.24, 2.45) is 0 Å². The molecule has 2 N–H and O–H groups in total. The van der Waals surface area contributed by atoms with E-state index in [1.54, 1.807) is 18.5 Å². The Morgan fingerprint density at radius 1 is 1.00 bits per heavy atom. The fraction of sp³-hybridized carbons (Fsp3) is 0.0833. The fourth-order valence-corrected chi connectivity index (χ4v) is 3.92. The second-order valence-electron chi connectivity index (χ2n) is 7.24. The summed E-state index contributed by atoms with van der Waals surface area (Å²) < 4.78 is 14.8. The van der Waals surface area contributed by atoms with Crippen LogP contribution in [0.15, 0.2) is 73.2 Å². The van der Waals surface area contributed by atoms with Crippen molar-refractivity contribution >= 4 is 39.2 Å². The Morgan fingerprint density at radius 3 is 2.77 bits per heavy atom. The first kappa shape index (κ1) is 18.6. The van der Waals surface area contributed by atoms with Crippen LogP contribution >= 0.6 is 11.6 Å². The highest BCUT2D eigenvalue weighted by atomic mass is 35.5. The fourth-order valence-electron chi connectivity index (χ4n) is 3.71. The summed E-state index contributed by atoms with van der Waals surface area (Å²) in [6.07, 6.45) is 5.26. The molecule has 3 aromatic heterocycles. The number of aromatic amines is 1. The highest BCUT2D eigenvalue weighted by Gasteiger charge is 2.16. The summed E-state index contributed by atoms with van der Waals surface area (Å²) in [5, 5.41) is 5.79. The van der Waals surface area contributed by atoms with Crippen LogP contribution in [0.5, 0.6) is 0 Å². The van der Waals surface area contributed by atoms with Gasteiger partial charge >= 0.3 is 0 Å². The molecule has 148 valence electrons. The number of benzene rings is 2. The number of para-hydroxylation sites is 1. The lowest BCUT2D eigenvalue weighted by Crippen LogP contribution is -2.10. The van der Waals surface area contributed by atoms with Crippen LogP contribution in [0.2, 0.25) is 5.02 Å². The standard InChI is InChI=1S/C24H18ClFN4/c1-14(30-23-18-4-2-3-5-22(18)28-13-20(23)25)19-11-15(6-7-21(19)26)17-10-16-8-9-27-24(16)29-12-17/h2-14H,1H3,(H,27,29)(H,28,30)/t14-/m1/s1. The number of nitrogens with zero attached hydrogens (tertiary/aromatic N) is 2. The van der Waals surface area contributed by atoms with E-state index in [4.69, 9.17) is 11.6 Å². The molecule has 0 amide bonds. The number of aromatic nitrogens is 3. The highest BCUT2D eigenvalue weighted by molar-refractivity contribution is 6.34. The van der Waals surface area contributed by atoms with Crippen molar-refractivity contribution in [1.29, 1.82) is 0 Å². The van der Waals surface area contributed by atoms with Gasteiger partial charge in [0.2, 0.25) is 0 Å². The van der Waals surface area contributed by atoms with Crippen LogP contribution in [0, 0.1) is 5.82 Å². The van der Waals surface area contributed by atoms with E-state index < -0.39 is 0 Å². The Morgan fingerprint density at radius 2 is 1.87 bits per heavy atom. The number of H-pyrrole nitrogens is 1. The lowest BCUT2D eigenvalue weighted by atomic mass is 9.99. The topological polar surface area (TPSA) is 53.6 Å². The van der Waals surface area contributed by atoms with Crippen molar-refractivity contribution in [3.05, 3.63) is 89.6 Å². The first-order valence-corrected chi connectivity index (χ1v) is 10.0. The number of fused-ring (bicyclic) bond motifs is 2. The van der Waals surface area contributed by atoms with Crippen molar-refractivity contribution in [3.63, 3.8) is 0 Å². The molecule has 0 aliphatic rings. The molecule has 0 aliphatic heterocycles. The first-order chi connectivity index (χ1) is 14.6. The van der Waals surface area contributed by atoms with Crippen molar-refractivity contribution in [2.75, 3.05) is 5.32 Å². The monoisotopic (exact) mass is 416 g/mol. The van der Waals surface area contributed by atoms with Gasteiger partial charge in [0.25, 0.3) is 0 Å². The lowest BCUT2D eigenvalue weighted by Gasteiger charge is -2.19. The van der Waals surface area contributed by atoms with E-state index in [-0.39, 0.29) is 11.9 Å². The summed E-state index contributed by atoms with van der Waals surface area (Å²) in [5.41, 5.74) is 4.80. The second kappa shape index (κ2) is 7.43. The largest absolute Gasteiger partial charge is 0.377 e. The quantitative estimate of drug-likeness (QED) is 0.341. The molecule has 0 radical (unpaired) electrons. The van der Waals surface area contributed by atoms with Crippen molar-refractivity contribution < 1.29 is 4.39 Å². The van der Waals surface area contributed by atoms with E-state index in [0.717, 1.165) is 38.8 Å². The molecule has 5 rings (SSSR count). The summed E-state index contributed by atoms with van der Waals surface area (Å²) in [7, 11) is 0. The highest BCUT2D eigenvalue weighted by Crippen LogP contribution is 2.34. The van der Waals surface area contributed by atoms with Crippen LogP contribution in [-0.2, 0) is 0 Å². The number of hydrogen-bond acceptors (Lipinski definition) is 3. The maximum Gasteiger partial charge on any atom is 0.137 e. The second-order valence-corrected chi connectivity index (χ2v) is 7.65. The summed E-state index contributed by atoms with van der Waals surface area (Å²) in [4.78, 5) is 11.9. The Bertz CT molecular complexity index is 1380. The third kappa shape index (κ3) is 3.27. The van der Waals surface area contributed by atoms with E-state index in [1.807, 2.05) is 55.6 Å². The van der Waals surface area contributed by atoms with Gasteiger partial charge in [0.1, 0.15) is 11.5 Å². The van der Waals surface area contributed by atoms with Crippen LogP contribution in [-0.4, -0.2) is 15.0 Å². The molecule has 0 saturated carbocycles. The molecule has 30 heavy (non-hydrogen) atoms. The number of nitrogens with one attached hydrogen (secondary N) is 2. The Labute approximate surface area is 177 Å². The van der Waals surface area contributed by atoms with Gasteiger partial charge in [0.05, 0.1) is 22.3 Å². The molecular formula is C24H18ClFN4. The molecule has 6 heteroatoms. The van der Waals surface area contributed by atoms with Crippen molar-refractivity contribution in [2.45, 2.75) is 13.0 Å². The van der Waals surface area contributed by atoms with Crippen LogP contribution < -0.4 is 5.32 Å². The van der Waals surface area contributed by atoms with E-state index in [1.165, 1.54) is 6.07 Å². The molecule has 5 aromatic rings. The summed E-state index contributed by atoms with van der Waals surface area (Å²) >= 11 is 6.42. The molecule has 0 bridgehead atoms. The van der Waals surface area contributed by atoms with Gasteiger partial charge in [-0.2, -0.15) is 0 Å². The molecule has 0 saturated heterocycles. The van der Waals surface area contributed by atoms with Gasteiger partial charge in [0.15, 0.2) is 0 Å². The third-order valence-corrected chi connectivity index (χ3v) is 5.57. The minimum atomic E-state index is -0.308. The Balaban J connectivity index is 1.53. The molecule has 0 fully saturated rings. The maximum absolute atomic E-state index is 14.8. The molecule has 0 aliphatic carbocycles. The van der Waals surface area contributed by atoms with Crippen molar-refractivity contribution in [3.8, 4) is 11.1 Å². The predicted octanol–water partition coefficient (Wildman–Crippen LogP) is 6.74. The van der Waals surface area contributed by atoms with E-state index in [0.29, 0.717) is 10.6 Å². The van der Waals surface area contributed by atoms with Gasteiger partial charge < -0.3 is 10.3 Å². The molecule has 4 nitrogen and oxygen atoms in total. The SMILES string of the molecule is C[C@@H](Nc1c(Cl)cnc2ccccc12)c1cc(-c2cnc3[nH]ccc3c2)ccc1F. The van der Waals surface area contributed by atoms with Crippen LogP contribution in [0.4, 0.5) is 10.1 Å². The van der Waals surface area contributed by atoms with E-state index in [9.17, 15) is 4.39 Å². The summed E-state index contributed by atoms with van der Waals surface area (Å²) in [5.74, 6) is -0.274. The first-order valence-electron chi connectivity index (χ1n) is 9.63. The zero-order valence-corrected chi connectivity index (χ0v) is 16.9. The average molecular weight is 417 g/mol. The molecule has 1 atom stereocenters. The van der Waals surface area contributed by atoms with Gasteiger partial charge in [0, 0.05) is 40.5 Å². The van der Waals surface area contributed by atoms with Gasteiger partial charge in [-0.15, -0.1) is 0 Å². The number of hydrogen-bond donors (Lipinski definition) is 2. The number of rotatable bonds is 4. The minimum Gasteiger partial charge on any atom is -0.377 e. The number of anilines is 1. The van der Waals surface area contributed by atoms with E-state index in [2.05, 4.69) is 20.3 Å². The van der Waals surface area contributed by atoms with Gasteiger partial charge in [-0.25, -0.2) is 9.37 Å². The molecule has 3 heterocycles. The van der Waals surface area contributed by atoms with Gasteiger partial charge in [-0.3, -0.25) is 4.98 Å².